The molecule has 0 amide bonds. The van der Waals surface area contributed by atoms with Crippen LogP contribution in [0.15, 0.2) is 16.1 Å². The number of nitriles is 1. The highest BCUT2D eigenvalue weighted by molar-refractivity contribution is 7.13. The zero-order valence-electron chi connectivity index (χ0n) is 8.73. The first-order valence-electron chi connectivity index (χ1n) is 5.03. The molecule has 3 rings (SSSR count). The molecule has 1 aliphatic carbocycles. The molecule has 0 saturated heterocycles. The summed E-state index contributed by atoms with van der Waals surface area (Å²) in [6, 6.07) is 2.34. The van der Waals surface area contributed by atoms with E-state index in [1.54, 1.807) is 13.2 Å². The molecule has 2 aromatic heterocycles. The molecule has 5 heteroatoms. The molecule has 0 aromatic carbocycles. The minimum atomic E-state index is -0.312. The van der Waals surface area contributed by atoms with Crippen molar-refractivity contribution in [1.29, 1.82) is 5.26 Å². The van der Waals surface area contributed by atoms with Gasteiger partial charge in [0.25, 0.3) is 0 Å². The third-order valence-electron chi connectivity index (χ3n) is 2.80. The van der Waals surface area contributed by atoms with Gasteiger partial charge in [-0.05, 0) is 12.8 Å². The van der Waals surface area contributed by atoms with Gasteiger partial charge in [0.15, 0.2) is 5.89 Å². The molecule has 0 atom stereocenters. The molecule has 0 radical (unpaired) electrons. The van der Waals surface area contributed by atoms with Crippen LogP contribution in [0, 0.1) is 18.3 Å². The van der Waals surface area contributed by atoms with Crippen molar-refractivity contribution >= 4 is 11.3 Å². The van der Waals surface area contributed by atoms with Crippen molar-refractivity contribution in [1.82, 2.24) is 9.97 Å². The minimum Gasteiger partial charge on any atom is -0.449 e. The van der Waals surface area contributed by atoms with Crippen LogP contribution in [0.5, 0.6) is 0 Å². The predicted octanol–water partition coefficient (Wildman–Crippen LogP) is 2.66. The Morgan fingerprint density at radius 1 is 1.50 bits per heavy atom. The number of thiazole rings is 1. The number of rotatable bonds is 2. The van der Waals surface area contributed by atoms with E-state index in [0.29, 0.717) is 5.89 Å². The Bertz CT molecular complexity index is 574. The van der Waals surface area contributed by atoms with Crippen molar-refractivity contribution in [3.8, 4) is 16.8 Å². The van der Waals surface area contributed by atoms with Crippen LogP contribution in [0.25, 0.3) is 10.7 Å². The standard InChI is InChI=1S/C11H9N3OS/c1-7-13-8(4-15-7)10-14-9(5-16-10)11(6-12)2-3-11/h4-5H,2-3H2,1H3. The zero-order chi connectivity index (χ0) is 11.2. The number of nitrogens with zero attached hydrogens (tertiary/aromatic N) is 3. The molecule has 16 heavy (non-hydrogen) atoms. The lowest BCUT2D eigenvalue weighted by Crippen LogP contribution is -2.02. The molecule has 0 N–H and O–H groups in total. The van der Waals surface area contributed by atoms with Crippen molar-refractivity contribution in [3.05, 3.63) is 23.2 Å². The third kappa shape index (κ3) is 1.34. The lowest BCUT2D eigenvalue weighted by molar-refractivity contribution is 0.521. The molecule has 4 nitrogen and oxygen atoms in total. The normalized spacial score (nSPS) is 17.0. The second-order valence-corrected chi connectivity index (χ2v) is 4.84. The minimum absolute atomic E-state index is 0.312. The van der Waals surface area contributed by atoms with E-state index in [2.05, 4.69) is 16.0 Å². The summed E-state index contributed by atoms with van der Waals surface area (Å²) in [6.07, 6.45) is 3.44. The summed E-state index contributed by atoms with van der Waals surface area (Å²) in [7, 11) is 0. The average molecular weight is 231 g/mol. The van der Waals surface area contributed by atoms with Crippen LogP contribution in [0.4, 0.5) is 0 Å². The first-order valence-corrected chi connectivity index (χ1v) is 5.91. The number of aromatic nitrogens is 2. The fraction of sp³-hybridized carbons (Fsp3) is 0.364. The summed E-state index contributed by atoms with van der Waals surface area (Å²) in [4.78, 5) is 8.69. The van der Waals surface area contributed by atoms with E-state index in [-0.39, 0.29) is 5.41 Å². The number of aryl methyl sites for hydroxylation is 1. The van der Waals surface area contributed by atoms with Crippen LogP contribution in [-0.2, 0) is 5.41 Å². The molecule has 0 spiro atoms. The second-order valence-electron chi connectivity index (χ2n) is 3.98. The Morgan fingerprint density at radius 3 is 2.88 bits per heavy atom. The Hall–Kier alpha value is -1.67. The van der Waals surface area contributed by atoms with Crippen LogP contribution in [0.1, 0.15) is 24.4 Å². The molecule has 0 aliphatic heterocycles. The highest BCUT2D eigenvalue weighted by atomic mass is 32.1. The lowest BCUT2D eigenvalue weighted by Gasteiger charge is -1.97. The number of hydrogen-bond acceptors (Lipinski definition) is 5. The van der Waals surface area contributed by atoms with E-state index < -0.39 is 0 Å². The van der Waals surface area contributed by atoms with Crippen LogP contribution < -0.4 is 0 Å². The van der Waals surface area contributed by atoms with Gasteiger partial charge in [-0.2, -0.15) is 5.26 Å². The highest BCUT2D eigenvalue weighted by Gasteiger charge is 2.47. The van der Waals surface area contributed by atoms with Crippen molar-refractivity contribution < 1.29 is 4.42 Å². The summed E-state index contributed by atoms with van der Waals surface area (Å²) in [5.74, 6) is 0.633. The van der Waals surface area contributed by atoms with Gasteiger partial charge in [0.2, 0.25) is 0 Å². The van der Waals surface area contributed by atoms with Gasteiger partial charge in [0.1, 0.15) is 22.4 Å². The van der Waals surface area contributed by atoms with E-state index >= 15 is 0 Å². The van der Waals surface area contributed by atoms with E-state index in [1.165, 1.54) is 11.3 Å². The van der Waals surface area contributed by atoms with Gasteiger partial charge in [0.05, 0.1) is 11.8 Å². The van der Waals surface area contributed by atoms with Crippen LogP contribution in [-0.4, -0.2) is 9.97 Å². The summed E-state index contributed by atoms with van der Waals surface area (Å²) >= 11 is 1.51. The van der Waals surface area contributed by atoms with Gasteiger partial charge in [-0.15, -0.1) is 11.3 Å². The molecule has 1 aliphatic rings. The van der Waals surface area contributed by atoms with E-state index in [4.69, 9.17) is 9.68 Å². The molecule has 2 heterocycles. The summed E-state index contributed by atoms with van der Waals surface area (Å²) < 4.78 is 5.15. The van der Waals surface area contributed by atoms with Gasteiger partial charge in [-0.1, -0.05) is 0 Å². The topological polar surface area (TPSA) is 62.7 Å². The van der Waals surface area contributed by atoms with Gasteiger partial charge < -0.3 is 4.42 Å². The maximum Gasteiger partial charge on any atom is 0.191 e. The average Bonchev–Trinajstić information content (AvgIpc) is 2.74. The van der Waals surface area contributed by atoms with Gasteiger partial charge in [0, 0.05) is 12.3 Å². The second kappa shape index (κ2) is 3.16. The van der Waals surface area contributed by atoms with Crippen LogP contribution in [0.3, 0.4) is 0 Å². The molecule has 0 unspecified atom stereocenters. The van der Waals surface area contributed by atoms with Gasteiger partial charge >= 0.3 is 0 Å². The summed E-state index contributed by atoms with van der Waals surface area (Å²) in [5.41, 5.74) is 1.33. The molecule has 0 bridgehead atoms. The van der Waals surface area contributed by atoms with Crippen molar-refractivity contribution in [2.24, 2.45) is 0 Å². The maximum atomic E-state index is 9.07. The zero-order valence-corrected chi connectivity index (χ0v) is 9.54. The molecule has 1 fully saturated rings. The number of oxazole rings is 1. The fourth-order valence-electron chi connectivity index (χ4n) is 1.62. The van der Waals surface area contributed by atoms with Crippen molar-refractivity contribution in [2.45, 2.75) is 25.2 Å². The SMILES string of the molecule is Cc1nc(-c2nc(C3(C#N)CC3)cs2)co1. The van der Waals surface area contributed by atoms with Crippen molar-refractivity contribution in [3.63, 3.8) is 0 Å². The molecule has 80 valence electrons. The Morgan fingerprint density at radius 2 is 2.31 bits per heavy atom. The first-order chi connectivity index (χ1) is 7.73. The first kappa shape index (κ1) is 9.55. The van der Waals surface area contributed by atoms with Gasteiger partial charge in [-0.25, -0.2) is 9.97 Å². The van der Waals surface area contributed by atoms with Crippen molar-refractivity contribution in [2.75, 3.05) is 0 Å². The van der Waals surface area contributed by atoms with E-state index in [1.807, 2.05) is 5.38 Å². The predicted molar refractivity (Wildman–Crippen MR) is 58.9 cm³/mol. The van der Waals surface area contributed by atoms with Crippen LogP contribution in [0.2, 0.25) is 0 Å². The lowest BCUT2D eigenvalue weighted by atomic mass is 10.1. The molecule has 2 aromatic rings. The quantitative estimate of drug-likeness (QED) is 0.797. The van der Waals surface area contributed by atoms with Crippen LogP contribution >= 0.6 is 11.3 Å². The van der Waals surface area contributed by atoms with Gasteiger partial charge in [-0.3, -0.25) is 0 Å². The maximum absolute atomic E-state index is 9.07. The van der Waals surface area contributed by atoms with E-state index in [9.17, 15) is 0 Å². The molecule has 1 saturated carbocycles. The Balaban J connectivity index is 1.97. The molecular weight excluding hydrogens is 222 g/mol. The molecular formula is C11H9N3OS. The summed E-state index contributed by atoms with van der Waals surface area (Å²) in [6.45, 7) is 1.80. The number of hydrogen-bond donors (Lipinski definition) is 0. The summed E-state index contributed by atoms with van der Waals surface area (Å²) in [5, 5.41) is 11.9. The smallest absolute Gasteiger partial charge is 0.191 e. The van der Waals surface area contributed by atoms with E-state index in [0.717, 1.165) is 29.2 Å². The third-order valence-corrected chi connectivity index (χ3v) is 3.66. The highest BCUT2D eigenvalue weighted by Crippen LogP contribution is 2.48. The Kier molecular flexibility index (Phi) is 1.88. The largest absolute Gasteiger partial charge is 0.449 e. The Labute approximate surface area is 96.6 Å². The monoisotopic (exact) mass is 231 g/mol. The fourth-order valence-corrected chi connectivity index (χ4v) is 2.49.